The number of rotatable bonds is 5. The average Bonchev–Trinajstić information content (AvgIpc) is 2.97. The van der Waals surface area contributed by atoms with Gasteiger partial charge in [-0.3, -0.25) is 9.78 Å². The summed E-state index contributed by atoms with van der Waals surface area (Å²) in [5, 5.41) is 0. The van der Waals surface area contributed by atoms with E-state index in [1.165, 1.54) is 6.07 Å². The predicted molar refractivity (Wildman–Crippen MR) is 111 cm³/mol. The number of hydrogen-bond acceptors (Lipinski definition) is 2. The van der Waals surface area contributed by atoms with E-state index in [0.29, 0.717) is 5.56 Å². The fraction of sp³-hybridized carbons (Fsp3) is 0.200. The normalized spacial score (nSPS) is 13.2. The van der Waals surface area contributed by atoms with E-state index in [1.807, 2.05) is 36.4 Å². The summed E-state index contributed by atoms with van der Waals surface area (Å²) < 4.78 is 13.4. The van der Waals surface area contributed by atoms with Crippen molar-refractivity contribution in [1.82, 2.24) is 4.98 Å². The maximum Gasteiger partial charge on any atom is 0.161 e. The van der Waals surface area contributed by atoms with E-state index in [-0.39, 0.29) is 17.5 Å². The monoisotopic (exact) mass is 371 g/mol. The van der Waals surface area contributed by atoms with Crippen molar-refractivity contribution in [3.05, 3.63) is 94.9 Å². The number of fused-ring (bicyclic) bond motifs is 3. The van der Waals surface area contributed by atoms with Gasteiger partial charge in [-0.15, -0.1) is 0 Å². The lowest BCUT2D eigenvalue weighted by Crippen LogP contribution is -2.09. The summed E-state index contributed by atoms with van der Waals surface area (Å²) in [6, 6.07) is 16.7. The van der Waals surface area contributed by atoms with Gasteiger partial charge in [0.05, 0.1) is 11.4 Å². The first kappa shape index (κ1) is 18.3. The van der Waals surface area contributed by atoms with Gasteiger partial charge >= 0.3 is 0 Å². The molecule has 2 nitrogen and oxygen atoms in total. The molecule has 0 N–H and O–H groups in total. The van der Waals surface area contributed by atoms with Crippen LogP contribution in [0, 0.1) is 5.82 Å². The Hall–Kier alpha value is -3.07. The summed E-state index contributed by atoms with van der Waals surface area (Å²) in [7, 11) is 0. The fourth-order valence-electron chi connectivity index (χ4n) is 3.93. The third kappa shape index (κ3) is 3.18. The van der Waals surface area contributed by atoms with Crippen LogP contribution in [0.4, 0.5) is 4.39 Å². The molecule has 0 saturated carbocycles. The standard InChI is InChI=1S/C25H22FNO/c1-15(11-12-18-7-6-8-19(26)13-18)24-23(17(3)28)14-22-16(2)20-9-4-5-10-21(20)25(22)27-24/h4-10,13-15H,2,11-12H2,1,3H3. The zero-order chi connectivity index (χ0) is 19.8. The SMILES string of the molecule is C=C1c2ccccc2-c2nc(C(C)CCc3cccc(F)c3)c(C(C)=O)cc21. The Labute approximate surface area is 164 Å². The van der Waals surface area contributed by atoms with Crippen molar-refractivity contribution in [2.24, 2.45) is 0 Å². The summed E-state index contributed by atoms with van der Waals surface area (Å²) in [6.45, 7) is 7.87. The zero-order valence-electron chi connectivity index (χ0n) is 16.1. The van der Waals surface area contributed by atoms with Gasteiger partial charge < -0.3 is 0 Å². The van der Waals surface area contributed by atoms with Crippen molar-refractivity contribution in [1.29, 1.82) is 0 Å². The van der Waals surface area contributed by atoms with E-state index in [4.69, 9.17) is 4.98 Å². The summed E-state index contributed by atoms with van der Waals surface area (Å²) in [6.07, 6.45) is 1.52. The van der Waals surface area contributed by atoms with Crippen molar-refractivity contribution >= 4 is 11.4 Å². The topological polar surface area (TPSA) is 30.0 Å². The minimum absolute atomic E-state index is 0.00617. The molecule has 28 heavy (non-hydrogen) atoms. The van der Waals surface area contributed by atoms with E-state index in [2.05, 4.69) is 13.5 Å². The van der Waals surface area contributed by atoms with E-state index >= 15 is 0 Å². The smallest absolute Gasteiger partial charge is 0.161 e. The third-order valence-electron chi connectivity index (χ3n) is 5.49. The summed E-state index contributed by atoms with van der Waals surface area (Å²) >= 11 is 0. The zero-order valence-corrected chi connectivity index (χ0v) is 16.1. The number of ketones is 1. The minimum atomic E-state index is -0.222. The molecular weight excluding hydrogens is 349 g/mol. The molecule has 140 valence electrons. The number of nitrogens with zero attached hydrogens (tertiary/aromatic N) is 1. The maximum atomic E-state index is 13.4. The molecule has 0 radical (unpaired) electrons. The number of pyridine rings is 1. The van der Waals surface area contributed by atoms with Crippen molar-refractivity contribution in [3.8, 4) is 11.3 Å². The molecule has 1 aromatic heterocycles. The fourth-order valence-corrected chi connectivity index (χ4v) is 3.93. The molecule has 3 heteroatoms. The number of aryl methyl sites for hydroxylation is 1. The van der Waals surface area contributed by atoms with Gasteiger partial charge in [0, 0.05) is 16.7 Å². The molecule has 0 saturated heterocycles. The number of halogens is 1. The van der Waals surface area contributed by atoms with Crippen LogP contribution in [0.5, 0.6) is 0 Å². The van der Waals surface area contributed by atoms with Gasteiger partial charge in [-0.05, 0) is 60.6 Å². The Morgan fingerprint density at radius 3 is 2.54 bits per heavy atom. The van der Waals surface area contributed by atoms with Crippen LogP contribution < -0.4 is 0 Å². The maximum absolute atomic E-state index is 13.4. The minimum Gasteiger partial charge on any atom is -0.294 e. The van der Waals surface area contributed by atoms with Crippen molar-refractivity contribution in [2.75, 3.05) is 0 Å². The third-order valence-corrected chi connectivity index (χ3v) is 5.49. The van der Waals surface area contributed by atoms with Crippen LogP contribution in [-0.4, -0.2) is 10.8 Å². The first-order chi connectivity index (χ1) is 13.5. The van der Waals surface area contributed by atoms with Crippen molar-refractivity contribution in [2.45, 2.75) is 32.6 Å². The lowest BCUT2D eigenvalue weighted by molar-refractivity contribution is 0.101. The highest BCUT2D eigenvalue weighted by molar-refractivity contribution is 6.03. The summed E-state index contributed by atoms with van der Waals surface area (Å²) in [4.78, 5) is 17.3. The number of Topliss-reactive ketones (excluding diaryl/α,β-unsaturated/α-hetero) is 1. The van der Waals surface area contributed by atoms with Crippen LogP contribution in [-0.2, 0) is 6.42 Å². The van der Waals surface area contributed by atoms with Crippen molar-refractivity contribution < 1.29 is 9.18 Å². The Balaban J connectivity index is 1.71. The van der Waals surface area contributed by atoms with Crippen LogP contribution in [0.2, 0.25) is 0 Å². The highest BCUT2D eigenvalue weighted by Gasteiger charge is 2.27. The largest absolute Gasteiger partial charge is 0.294 e. The Morgan fingerprint density at radius 1 is 1.07 bits per heavy atom. The number of carbonyl (C=O) groups is 1. The molecule has 0 aliphatic heterocycles. The van der Waals surface area contributed by atoms with E-state index in [0.717, 1.165) is 52.1 Å². The molecule has 0 fully saturated rings. The van der Waals surface area contributed by atoms with Gasteiger partial charge in [0.25, 0.3) is 0 Å². The Kier molecular flexibility index (Phi) is 4.68. The first-order valence-electron chi connectivity index (χ1n) is 9.55. The Bertz CT molecular complexity index is 1100. The molecule has 1 atom stereocenters. The molecule has 0 amide bonds. The molecule has 1 heterocycles. The molecule has 1 aliphatic rings. The van der Waals surface area contributed by atoms with Crippen LogP contribution >= 0.6 is 0 Å². The van der Waals surface area contributed by atoms with E-state index < -0.39 is 0 Å². The average molecular weight is 371 g/mol. The van der Waals surface area contributed by atoms with Crippen LogP contribution in [0.15, 0.2) is 61.2 Å². The van der Waals surface area contributed by atoms with E-state index in [1.54, 1.807) is 19.1 Å². The van der Waals surface area contributed by atoms with Gasteiger partial charge in [0.15, 0.2) is 5.78 Å². The van der Waals surface area contributed by atoms with Crippen molar-refractivity contribution in [3.63, 3.8) is 0 Å². The second-order valence-electron chi connectivity index (χ2n) is 7.47. The molecule has 3 aromatic rings. The summed E-state index contributed by atoms with van der Waals surface area (Å²) in [5.41, 5.74) is 7.31. The molecule has 0 spiro atoms. The Morgan fingerprint density at radius 2 is 1.82 bits per heavy atom. The molecule has 1 aliphatic carbocycles. The van der Waals surface area contributed by atoms with Gasteiger partial charge in [-0.2, -0.15) is 0 Å². The van der Waals surface area contributed by atoms with Gasteiger partial charge in [0.1, 0.15) is 5.82 Å². The first-order valence-corrected chi connectivity index (χ1v) is 9.55. The van der Waals surface area contributed by atoms with Crippen LogP contribution in [0.25, 0.3) is 16.8 Å². The van der Waals surface area contributed by atoms with Gasteiger partial charge in [0.2, 0.25) is 0 Å². The predicted octanol–water partition coefficient (Wildman–Crippen LogP) is 6.20. The van der Waals surface area contributed by atoms with Crippen LogP contribution in [0.1, 0.15) is 58.9 Å². The number of aromatic nitrogens is 1. The summed E-state index contributed by atoms with van der Waals surface area (Å²) in [5.74, 6) is -0.138. The lowest BCUT2D eigenvalue weighted by Gasteiger charge is -2.16. The number of benzene rings is 2. The highest BCUT2D eigenvalue weighted by Crippen LogP contribution is 2.43. The molecule has 0 bridgehead atoms. The quantitative estimate of drug-likeness (QED) is 0.391. The molecule has 4 rings (SSSR count). The van der Waals surface area contributed by atoms with Crippen LogP contribution in [0.3, 0.4) is 0 Å². The lowest BCUT2D eigenvalue weighted by atomic mass is 9.92. The second kappa shape index (κ2) is 7.16. The second-order valence-corrected chi connectivity index (χ2v) is 7.47. The molecular formula is C25H22FNO. The highest BCUT2D eigenvalue weighted by atomic mass is 19.1. The van der Waals surface area contributed by atoms with Gasteiger partial charge in [-0.1, -0.05) is 49.9 Å². The number of hydrogen-bond donors (Lipinski definition) is 0. The number of carbonyl (C=O) groups excluding carboxylic acids is 1. The molecule has 1 unspecified atom stereocenters. The van der Waals surface area contributed by atoms with Gasteiger partial charge in [-0.25, -0.2) is 4.39 Å². The van der Waals surface area contributed by atoms with E-state index in [9.17, 15) is 9.18 Å². The molecule has 2 aromatic carbocycles.